The Hall–Kier alpha value is -3.20. The molecule has 0 saturated heterocycles. The predicted molar refractivity (Wildman–Crippen MR) is 120 cm³/mol. The molecule has 0 aliphatic carbocycles. The number of rotatable bonds is 6. The van der Waals surface area contributed by atoms with Crippen LogP contribution in [0.2, 0.25) is 0 Å². The number of nitrogens with zero attached hydrogens (tertiary/aromatic N) is 1. The minimum Gasteiger partial charge on any atom is -0.350 e. The smallest absolute Gasteiger partial charge is 0.245 e. The highest BCUT2D eigenvalue weighted by molar-refractivity contribution is 6.13. The van der Waals surface area contributed by atoms with Gasteiger partial charge in [0.15, 0.2) is 0 Å². The average Bonchev–Trinajstić information content (AvgIpc) is 2.72. The lowest BCUT2D eigenvalue weighted by atomic mass is 9.99. The van der Waals surface area contributed by atoms with E-state index in [4.69, 9.17) is 4.99 Å². The SMILES string of the molecule is CC(C)(C)NC(=O)[C@H](Cc1ccccc1)N=C(c1ccccc1)c1ccccc1. The van der Waals surface area contributed by atoms with Crippen LogP contribution < -0.4 is 5.32 Å². The van der Waals surface area contributed by atoms with E-state index in [1.165, 1.54) is 0 Å². The summed E-state index contributed by atoms with van der Waals surface area (Å²) in [5.74, 6) is -0.0642. The molecule has 3 nitrogen and oxygen atoms in total. The first kappa shape index (κ1) is 20.5. The molecule has 1 atom stereocenters. The van der Waals surface area contributed by atoms with Crippen LogP contribution in [0.5, 0.6) is 0 Å². The topological polar surface area (TPSA) is 41.5 Å². The van der Waals surface area contributed by atoms with Gasteiger partial charge in [-0.3, -0.25) is 9.79 Å². The average molecular weight is 385 g/mol. The Labute approximate surface area is 173 Å². The molecule has 0 radical (unpaired) electrons. The summed E-state index contributed by atoms with van der Waals surface area (Å²) in [5.41, 5.74) is 3.60. The number of nitrogens with one attached hydrogen (secondary N) is 1. The molecule has 3 aromatic carbocycles. The maximum atomic E-state index is 13.1. The molecule has 1 N–H and O–H groups in total. The maximum Gasteiger partial charge on any atom is 0.245 e. The third-order valence-electron chi connectivity index (χ3n) is 4.45. The van der Waals surface area contributed by atoms with Gasteiger partial charge in [-0.15, -0.1) is 0 Å². The Morgan fingerprint density at radius 1 is 0.793 bits per heavy atom. The molecule has 3 rings (SSSR count). The number of amides is 1. The van der Waals surface area contributed by atoms with Crippen LogP contribution in [0.15, 0.2) is 96.0 Å². The normalized spacial score (nSPS) is 12.1. The van der Waals surface area contributed by atoms with E-state index < -0.39 is 6.04 Å². The molecule has 0 heterocycles. The zero-order valence-electron chi connectivity index (χ0n) is 17.3. The van der Waals surface area contributed by atoms with Crippen LogP contribution in [0.4, 0.5) is 0 Å². The van der Waals surface area contributed by atoms with Crippen molar-refractivity contribution in [3.05, 3.63) is 108 Å². The van der Waals surface area contributed by atoms with Gasteiger partial charge in [-0.2, -0.15) is 0 Å². The molecule has 0 aromatic heterocycles. The molecule has 0 spiro atoms. The number of hydrogen-bond acceptors (Lipinski definition) is 2. The molecular weight excluding hydrogens is 356 g/mol. The number of benzene rings is 3. The van der Waals surface area contributed by atoms with Gasteiger partial charge < -0.3 is 5.32 Å². The van der Waals surface area contributed by atoms with Crippen molar-refractivity contribution in [2.75, 3.05) is 0 Å². The van der Waals surface area contributed by atoms with Crippen LogP contribution in [0.25, 0.3) is 0 Å². The molecule has 0 fully saturated rings. The number of hydrogen-bond donors (Lipinski definition) is 1. The highest BCUT2D eigenvalue weighted by atomic mass is 16.2. The fraction of sp³-hybridized carbons (Fsp3) is 0.231. The first-order valence-electron chi connectivity index (χ1n) is 9.97. The summed E-state index contributed by atoms with van der Waals surface area (Å²) >= 11 is 0. The van der Waals surface area contributed by atoms with E-state index in [1.54, 1.807) is 0 Å². The van der Waals surface area contributed by atoms with Crippen molar-refractivity contribution in [2.24, 2.45) is 4.99 Å². The highest BCUT2D eigenvalue weighted by Crippen LogP contribution is 2.15. The molecule has 0 unspecified atom stereocenters. The van der Waals surface area contributed by atoms with Gasteiger partial charge in [0.05, 0.1) is 5.71 Å². The summed E-state index contributed by atoms with van der Waals surface area (Å²) in [6, 6.07) is 29.6. The monoisotopic (exact) mass is 384 g/mol. The number of carbonyl (C=O) groups excluding carboxylic acids is 1. The molecule has 0 aliphatic rings. The molecule has 3 aromatic rings. The van der Waals surface area contributed by atoms with Gasteiger partial charge in [0.25, 0.3) is 0 Å². The predicted octanol–water partition coefficient (Wildman–Crippen LogP) is 5.05. The van der Waals surface area contributed by atoms with Gasteiger partial charge in [0, 0.05) is 23.1 Å². The van der Waals surface area contributed by atoms with Crippen molar-refractivity contribution < 1.29 is 4.79 Å². The summed E-state index contributed by atoms with van der Waals surface area (Å²) in [6.07, 6.45) is 0.548. The Morgan fingerprint density at radius 3 is 1.69 bits per heavy atom. The first-order valence-corrected chi connectivity index (χ1v) is 9.97. The van der Waals surface area contributed by atoms with Gasteiger partial charge in [-0.05, 0) is 26.3 Å². The van der Waals surface area contributed by atoms with Gasteiger partial charge in [0.2, 0.25) is 5.91 Å². The Kier molecular flexibility index (Phi) is 6.61. The van der Waals surface area contributed by atoms with E-state index >= 15 is 0 Å². The molecule has 1 amide bonds. The van der Waals surface area contributed by atoms with Gasteiger partial charge >= 0.3 is 0 Å². The van der Waals surface area contributed by atoms with Crippen LogP contribution in [0.1, 0.15) is 37.5 Å². The van der Waals surface area contributed by atoms with Crippen molar-refractivity contribution >= 4 is 11.6 Å². The third-order valence-corrected chi connectivity index (χ3v) is 4.45. The summed E-state index contributed by atoms with van der Waals surface area (Å²) < 4.78 is 0. The molecule has 3 heteroatoms. The van der Waals surface area contributed by atoms with Crippen molar-refractivity contribution in [3.63, 3.8) is 0 Å². The lowest BCUT2D eigenvalue weighted by Crippen LogP contribution is -2.46. The first-order chi connectivity index (χ1) is 13.9. The molecule has 148 valence electrons. The highest BCUT2D eigenvalue weighted by Gasteiger charge is 2.24. The van der Waals surface area contributed by atoms with Crippen molar-refractivity contribution in [3.8, 4) is 0 Å². The van der Waals surface area contributed by atoms with Gasteiger partial charge in [-0.25, -0.2) is 0 Å². The second-order valence-electron chi connectivity index (χ2n) is 8.15. The Balaban J connectivity index is 2.05. The molecule has 0 aliphatic heterocycles. The van der Waals surface area contributed by atoms with E-state index in [2.05, 4.69) is 5.32 Å². The standard InChI is InChI=1S/C26H28N2O/c1-26(2,3)28-25(29)23(19-20-13-7-4-8-14-20)27-24(21-15-9-5-10-16-21)22-17-11-6-12-18-22/h4-18,23H,19H2,1-3H3,(H,28,29)/t23-/m0/s1. The maximum absolute atomic E-state index is 13.1. The van der Waals surface area contributed by atoms with E-state index in [0.29, 0.717) is 6.42 Å². The zero-order chi connectivity index (χ0) is 20.7. The second-order valence-corrected chi connectivity index (χ2v) is 8.15. The minimum atomic E-state index is -0.521. The lowest BCUT2D eigenvalue weighted by Gasteiger charge is -2.24. The Morgan fingerprint density at radius 2 is 1.24 bits per heavy atom. The fourth-order valence-electron chi connectivity index (χ4n) is 3.15. The van der Waals surface area contributed by atoms with Gasteiger partial charge in [0.1, 0.15) is 6.04 Å². The zero-order valence-corrected chi connectivity index (χ0v) is 17.3. The number of carbonyl (C=O) groups is 1. The van der Waals surface area contributed by atoms with E-state index in [-0.39, 0.29) is 11.4 Å². The van der Waals surface area contributed by atoms with Crippen molar-refractivity contribution in [1.82, 2.24) is 5.32 Å². The summed E-state index contributed by atoms with van der Waals surface area (Å²) in [7, 11) is 0. The van der Waals surface area contributed by atoms with Crippen LogP contribution in [-0.4, -0.2) is 23.2 Å². The summed E-state index contributed by atoms with van der Waals surface area (Å²) in [5, 5.41) is 3.10. The van der Waals surface area contributed by atoms with Crippen LogP contribution in [-0.2, 0) is 11.2 Å². The van der Waals surface area contributed by atoms with Crippen LogP contribution >= 0.6 is 0 Å². The van der Waals surface area contributed by atoms with E-state index in [9.17, 15) is 4.79 Å². The summed E-state index contributed by atoms with van der Waals surface area (Å²) in [4.78, 5) is 18.1. The third kappa shape index (κ3) is 6.15. The summed E-state index contributed by atoms with van der Waals surface area (Å²) in [6.45, 7) is 5.97. The molecule has 29 heavy (non-hydrogen) atoms. The van der Waals surface area contributed by atoms with Crippen molar-refractivity contribution in [1.29, 1.82) is 0 Å². The fourth-order valence-corrected chi connectivity index (χ4v) is 3.15. The lowest BCUT2D eigenvalue weighted by molar-refractivity contribution is -0.123. The van der Waals surface area contributed by atoms with Crippen LogP contribution in [0, 0.1) is 0 Å². The Bertz CT molecular complexity index is 901. The second kappa shape index (κ2) is 9.33. The van der Waals surface area contributed by atoms with E-state index in [0.717, 1.165) is 22.4 Å². The van der Waals surface area contributed by atoms with E-state index in [1.807, 2.05) is 112 Å². The quantitative estimate of drug-likeness (QED) is 0.594. The molecule has 0 bridgehead atoms. The largest absolute Gasteiger partial charge is 0.350 e. The number of aliphatic imine (C=N–C) groups is 1. The van der Waals surface area contributed by atoms with Crippen molar-refractivity contribution in [2.45, 2.75) is 38.8 Å². The molecular formula is C26H28N2O. The van der Waals surface area contributed by atoms with Crippen LogP contribution in [0.3, 0.4) is 0 Å². The minimum absolute atomic E-state index is 0.0642. The molecule has 0 saturated carbocycles. The van der Waals surface area contributed by atoms with Gasteiger partial charge in [-0.1, -0.05) is 91.0 Å².